The average molecular weight is 319 g/mol. The third kappa shape index (κ3) is 2.98. The number of esters is 1. The maximum Gasteiger partial charge on any atom is 0.433 e. The van der Waals surface area contributed by atoms with Gasteiger partial charge in [0.15, 0.2) is 23.9 Å². The van der Waals surface area contributed by atoms with E-state index in [4.69, 9.17) is 14.2 Å². The minimum atomic E-state index is -0.966. The minimum absolute atomic E-state index is 0.0826. The fraction of sp³-hybridized carbons (Fsp3) is 0.143. The molecule has 0 N–H and O–H groups in total. The van der Waals surface area contributed by atoms with E-state index in [2.05, 4.69) is 4.42 Å². The molecule has 0 fully saturated rings. The molecule has 23 heavy (non-hydrogen) atoms. The summed E-state index contributed by atoms with van der Waals surface area (Å²) in [6.45, 7) is -0.452. The Kier molecular flexibility index (Phi) is 3.67. The molecule has 0 unspecified atom stereocenters. The fourth-order valence-electron chi connectivity index (χ4n) is 1.89. The van der Waals surface area contributed by atoms with Crippen molar-refractivity contribution in [3.8, 4) is 11.5 Å². The van der Waals surface area contributed by atoms with Crippen LogP contribution in [0.3, 0.4) is 0 Å². The summed E-state index contributed by atoms with van der Waals surface area (Å²) in [5.41, 5.74) is 0.285. The van der Waals surface area contributed by atoms with Gasteiger partial charge in [-0.3, -0.25) is 14.9 Å². The smallest absolute Gasteiger partial charge is 0.433 e. The maximum absolute atomic E-state index is 12.0. The van der Waals surface area contributed by atoms with Gasteiger partial charge in [-0.1, -0.05) is 0 Å². The molecule has 2 heterocycles. The normalized spacial score (nSPS) is 12.0. The van der Waals surface area contributed by atoms with E-state index in [-0.39, 0.29) is 18.1 Å². The summed E-state index contributed by atoms with van der Waals surface area (Å²) in [5.74, 6) is -1.40. The molecule has 3 rings (SSSR count). The van der Waals surface area contributed by atoms with Crippen LogP contribution in [0.15, 0.2) is 34.7 Å². The topological polar surface area (TPSA) is 118 Å². The summed E-state index contributed by atoms with van der Waals surface area (Å²) >= 11 is 0. The number of nitro groups is 1. The molecule has 0 amide bonds. The number of carbonyl (C=O) groups excluding carboxylic acids is 2. The van der Waals surface area contributed by atoms with Gasteiger partial charge in [-0.25, -0.2) is 4.79 Å². The monoisotopic (exact) mass is 319 g/mol. The summed E-state index contributed by atoms with van der Waals surface area (Å²) in [6, 6.07) is 6.70. The lowest BCUT2D eigenvalue weighted by Crippen LogP contribution is -2.13. The van der Waals surface area contributed by atoms with Crippen molar-refractivity contribution in [2.24, 2.45) is 0 Å². The highest BCUT2D eigenvalue weighted by Crippen LogP contribution is 2.32. The second-order valence-corrected chi connectivity index (χ2v) is 4.46. The van der Waals surface area contributed by atoms with Gasteiger partial charge < -0.3 is 18.6 Å². The molecular weight excluding hydrogens is 310 g/mol. The van der Waals surface area contributed by atoms with Crippen molar-refractivity contribution in [3.63, 3.8) is 0 Å². The van der Waals surface area contributed by atoms with Gasteiger partial charge in [-0.2, -0.15) is 0 Å². The second-order valence-electron chi connectivity index (χ2n) is 4.46. The quantitative estimate of drug-likeness (QED) is 0.355. The van der Waals surface area contributed by atoms with Gasteiger partial charge in [0.05, 0.1) is 6.07 Å². The number of carbonyl (C=O) groups is 2. The zero-order valence-corrected chi connectivity index (χ0v) is 11.5. The van der Waals surface area contributed by atoms with E-state index >= 15 is 0 Å². The highest BCUT2D eigenvalue weighted by atomic mass is 16.7. The Labute approximate surface area is 128 Å². The van der Waals surface area contributed by atoms with E-state index in [1.807, 2.05) is 0 Å². The Bertz CT molecular complexity index is 794. The van der Waals surface area contributed by atoms with Crippen molar-refractivity contribution in [3.05, 3.63) is 51.8 Å². The SMILES string of the molecule is O=C(COC(=O)c1ccc([N+](=O)[O-])o1)c1ccc2c(c1)OCO2. The minimum Gasteiger partial charge on any atom is -0.454 e. The lowest BCUT2D eigenvalue weighted by molar-refractivity contribution is -0.402. The highest BCUT2D eigenvalue weighted by molar-refractivity contribution is 5.99. The Hall–Kier alpha value is -3.36. The van der Waals surface area contributed by atoms with Crippen molar-refractivity contribution in [1.29, 1.82) is 0 Å². The number of furan rings is 1. The number of ether oxygens (including phenoxy) is 3. The number of Topliss-reactive ketones (excluding diaryl/α,β-unsaturated/α-hetero) is 1. The molecule has 9 nitrogen and oxygen atoms in total. The first-order valence-corrected chi connectivity index (χ1v) is 6.39. The zero-order chi connectivity index (χ0) is 16.4. The van der Waals surface area contributed by atoms with Crippen LogP contribution in [-0.2, 0) is 4.74 Å². The molecule has 0 radical (unpaired) electrons. The van der Waals surface area contributed by atoms with E-state index in [9.17, 15) is 19.7 Å². The van der Waals surface area contributed by atoms with E-state index in [1.54, 1.807) is 6.07 Å². The molecule has 0 spiro atoms. The summed E-state index contributed by atoms with van der Waals surface area (Å²) < 4.78 is 19.7. The predicted molar refractivity (Wildman–Crippen MR) is 72.5 cm³/mol. The third-order valence-corrected chi connectivity index (χ3v) is 3.00. The number of ketones is 1. The van der Waals surface area contributed by atoms with Crippen LogP contribution >= 0.6 is 0 Å². The Balaban J connectivity index is 1.62. The van der Waals surface area contributed by atoms with Crippen LogP contribution in [0.25, 0.3) is 0 Å². The number of fused-ring (bicyclic) bond motifs is 1. The van der Waals surface area contributed by atoms with Crippen LogP contribution in [0.4, 0.5) is 5.88 Å². The zero-order valence-electron chi connectivity index (χ0n) is 11.5. The second kappa shape index (κ2) is 5.79. The van der Waals surface area contributed by atoms with Gasteiger partial charge in [0, 0.05) is 5.56 Å². The Morgan fingerprint density at radius 2 is 1.96 bits per heavy atom. The molecule has 118 valence electrons. The van der Waals surface area contributed by atoms with E-state index in [0.717, 1.165) is 12.1 Å². The van der Waals surface area contributed by atoms with Crippen molar-refractivity contribution in [2.45, 2.75) is 0 Å². The molecule has 0 saturated carbocycles. The van der Waals surface area contributed by atoms with Gasteiger partial charge >= 0.3 is 11.9 Å². The number of benzene rings is 1. The number of nitrogens with zero attached hydrogens (tertiary/aromatic N) is 1. The van der Waals surface area contributed by atoms with Gasteiger partial charge in [0.1, 0.15) is 4.92 Å². The molecule has 9 heteroatoms. The molecule has 1 aromatic heterocycles. The molecule has 2 aromatic rings. The third-order valence-electron chi connectivity index (χ3n) is 3.00. The molecule has 1 aliphatic rings. The molecule has 0 atom stereocenters. The van der Waals surface area contributed by atoms with Gasteiger partial charge in [-0.15, -0.1) is 0 Å². The molecular formula is C14H9NO8. The van der Waals surface area contributed by atoms with Gasteiger partial charge in [0.2, 0.25) is 12.6 Å². The standard InChI is InChI=1S/C14H9NO8/c16-9(8-1-2-10-12(5-8)22-7-21-10)6-20-14(17)11-3-4-13(23-11)15(18)19/h1-5H,6-7H2. The van der Waals surface area contributed by atoms with Crippen LogP contribution in [0.5, 0.6) is 11.5 Å². The average Bonchev–Trinajstić information content (AvgIpc) is 3.20. The number of hydrogen-bond donors (Lipinski definition) is 0. The van der Waals surface area contributed by atoms with Crippen LogP contribution < -0.4 is 9.47 Å². The summed E-state index contributed by atoms with van der Waals surface area (Å²) in [7, 11) is 0. The van der Waals surface area contributed by atoms with E-state index < -0.39 is 29.2 Å². The number of rotatable bonds is 5. The molecule has 0 aliphatic carbocycles. The molecule has 1 aromatic carbocycles. The van der Waals surface area contributed by atoms with Gasteiger partial charge in [-0.05, 0) is 24.3 Å². The van der Waals surface area contributed by atoms with Crippen molar-refractivity contribution in [2.75, 3.05) is 13.4 Å². The summed E-state index contributed by atoms with van der Waals surface area (Å²) in [6.07, 6.45) is 0. The van der Waals surface area contributed by atoms with Crippen molar-refractivity contribution in [1.82, 2.24) is 0 Å². The van der Waals surface area contributed by atoms with E-state index in [1.165, 1.54) is 12.1 Å². The molecule has 0 bridgehead atoms. The fourth-order valence-corrected chi connectivity index (χ4v) is 1.89. The van der Waals surface area contributed by atoms with Crippen LogP contribution in [0.1, 0.15) is 20.9 Å². The Morgan fingerprint density at radius 3 is 2.70 bits per heavy atom. The summed E-state index contributed by atoms with van der Waals surface area (Å²) in [4.78, 5) is 33.3. The van der Waals surface area contributed by atoms with Crippen molar-refractivity contribution >= 4 is 17.6 Å². The first-order valence-electron chi connectivity index (χ1n) is 6.39. The number of hydrogen-bond acceptors (Lipinski definition) is 8. The Morgan fingerprint density at radius 1 is 1.17 bits per heavy atom. The lowest BCUT2D eigenvalue weighted by Gasteiger charge is -2.03. The maximum atomic E-state index is 12.0. The lowest BCUT2D eigenvalue weighted by atomic mass is 10.1. The molecule has 1 aliphatic heterocycles. The van der Waals surface area contributed by atoms with Crippen LogP contribution in [0.2, 0.25) is 0 Å². The van der Waals surface area contributed by atoms with Crippen molar-refractivity contribution < 1.29 is 33.1 Å². The highest BCUT2D eigenvalue weighted by Gasteiger charge is 2.21. The van der Waals surface area contributed by atoms with Crippen LogP contribution in [0, 0.1) is 10.1 Å². The molecule has 0 saturated heterocycles. The van der Waals surface area contributed by atoms with E-state index in [0.29, 0.717) is 11.5 Å². The predicted octanol–water partition coefficient (Wildman–Crippen LogP) is 1.96. The van der Waals surface area contributed by atoms with Crippen LogP contribution in [-0.4, -0.2) is 30.1 Å². The largest absolute Gasteiger partial charge is 0.454 e. The first kappa shape index (κ1) is 14.6. The first-order chi connectivity index (χ1) is 11.0. The summed E-state index contributed by atoms with van der Waals surface area (Å²) in [5, 5.41) is 10.5. The van der Waals surface area contributed by atoms with Gasteiger partial charge in [0.25, 0.3) is 0 Å².